The molecule has 2 heterocycles. The molecule has 2 aliphatic heterocycles. The maximum absolute atomic E-state index is 13.2. The molecule has 0 saturated carbocycles. The highest BCUT2D eigenvalue weighted by Gasteiger charge is 2.65. The first-order chi connectivity index (χ1) is 19.5. The molecule has 0 bridgehead atoms. The van der Waals surface area contributed by atoms with Gasteiger partial charge in [-0.3, -0.25) is 0 Å². The van der Waals surface area contributed by atoms with Gasteiger partial charge in [0, 0.05) is 10.0 Å². The fourth-order valence-corrected chi connectivity index (χ4v) is 5.15. The van der Waals surface area contributed by atoms with Gasteiger partial charge < -0.3 is 28.4 Å². The minimum Gasteiger partial charge on any atom is -0.458 e. The number of hydrogen-bond donors (Lipinski definition) is 0. The lowest BCUT2D eigenvalue weighted by molar-refractivity contribution is -0.250. The summed E-state index contributed by atoms with van der Waals surface area (Å²) in [4.78, 5) is 26.1. The predicted octanol–water partition coefficient (Wildman–Crippen LogP) is 6.23. The van der Waals surface area contributed by atoms with Crippen LogP contribution in [0.25, 0.3) is 0 Å². The second-order valence-electron chi connectivity index (χ2n) is 10.5. The number of benzene rings is 3. The minimum atomic E-state index is -1.16. The molecule has 3 aromatic carbocycles. The van der Waals surface area contributed by atoms with Crippen LogP contribution in [-0.4, -0.2) is 54.5 Å². The van der Waals surface area contributed by atoms with Crippen LogP contribution in [-0.2, 0) is 35.0 Å². The molecule has 0 aliphatic carbocycles. The van der Waals surface area contributed by atoms with Gasteiger partial charge >= 0.3 is 11.9 Å². The maximum atomic E-state index is 13.2. The molecule has 0 aromatic heterocycles. The molecule has 0 N–H and O–H groups in total. The molecule has 2 saturated heterocycles. The third-order valence-corrected chi connectivity index (χ3v) is 7.50. The highest BCUT2D eigenvalue weighted by atomic mass is 35.5. The van der Waals surface area contributed by atoms with Gasteiger partial charge in [-0.05, 0) is 74.9 Å². The Labute approximate surface area is 248 Å². The molecule has 0 unspecified atom stereocenters. The van der Waals surface area contributed by atoms with Crippen molar-refractivity contribution in [2.45, 2.75) is 63.4 Å². The van der Waals surface area contributed by atoms with Crippen molar-refractivity contribution < 1.29 is 38.0 Å². The van der Waals surface area contributed by atoms with Gasteiger partial charge in [0.05, 0.1) is 17.7 Å². The fraction of sp³-hybridized carbons (Fsp3) is 0.355. The second-order valence-corrected chi connectivity index (χ2v) is 11.4. The Morgan fingerprint density at radius 1 is 0.829 bits per heavy atom. The molecule has 8 nitrogen and oxygen atoms in total. The smallest absolute Gasteiger partial charge is 0.338 e. The summed E-state index contributed by atoms with van der Waals surface area (Å²) in [5.41, 5.74) is 0.323. The highest BCUT2D eigenvalue weighted by molar-refractivity contribution is 6.31. The number of hydrogen-bond acceptors (Lipinski definition) is 8. The molecular weight excluding hydrogens is 571 g/mol. The number of esters is 2. The Morgan fingerprint density at radius 3 is 2.02 bits per heavy atom. The molecular formula is C31H30Cl2O8. The summed E-state index contributed by atoms with van der Waals surface area (Å²) in [6.45, 7) is 5.30. The summed E-state index contributed by atoms with van der Waals surface area (Å²) < 4.78 is 36.6. The molecule has 2 fully saturated rings. The van der Waals surface area contributed by atoms with Crippen LogP contribution in [0.3, 0.4) is 0 Å². The van der Waals surface area contributed by atoms with E-state index in [-0.39, 0.29) is 24.3 Å². The summed E-state index contributed by atoms with van der Waals surface area (Å²) >= 11 is 12.0. The third-order valence-electron chi connectivity index (χ3n) is 7.00. The molecule has 10 heteroatoms. The van der Waals surface area contributed by atoms with Crippen molar-refractivity contribution in [3.63, 3.8) is 0 Å². The van der Waals surface area contributed by atoms with E-state index in [0.717, 1.165) is 5.56 Å². The summed E-state index contributed by atoms with van der Waals surface area (Å²) in [7, 11) is 0. The Balaban J connectivity index is 1.42. The predicted molar refractivity (Wildman–Crippen MR) is 151 cm³/mol. The average molecular weight is 601 g/mol. The molecule has 0 radical (unpaired) electrons. The SMILES string of the molecule is CC1(C)O[C@H]2O[C@H]([C@@H](COC(=O)c3ccc(Cl)cc3)OC(=O)c3ccc(Cl)cc3)[C@@](C)(OCc3ccccc3)[C@H]2O1. The molecule has 5 rings (SSSR count). The van der Waals surface area contributed by atoms with Crippen LogP contribution in [0.15, 0.2) is 78.9 Å². The van der Waals surface area contributed by atoms with Crippen LogP contribution in [0.5, 0.6) is 0 Å². The summed E-state index contributed by atoms with van der Waals surface area (Å²) in [5.74, 6) is -2.19. The molecule has 41 heavy (non-hydrogen) atoms. The van der Waals surface area contributed by atoms with E-state index < -0.39 is 47.9 Å². The van der Waals surface area contributed by atoms with Gasteiger partial charge in [0.15, 0.2) is 18.2 Å². The minimum absolute atomic E-state index is 0.229. The normalized spacial score (nSPS) is 25.3. The van der Waals surface area contributed by atoms with Crippen molar-refractivity contribution in [2.75, 3.05) is 6.61 Å². The van der Waals surface area contributed by atoms with E-state index in [1.54, 1.807) is 62.4 Å². The van der Waals surface area contributed by atoms with Gasteiger partial charge in [-0.15, -0.1) is 0 Å². The third kappa shape index (κ3) is 6.75. The lowest BCUT2D eigenvalue weighted by atomic mass is 9.90. The van der Waals surface area contributed by atoms with Crippen molar-refractivity contribution in [3.8, 4) is 0 Å². The largest absolute Gasteiger partial charge is 0.458 e. The van der Waals surface area contributed by atoms with Crippen molar-refractivity contribution in [3.05, 3.63) is 106 Å². The second kappa shape index (κ2) is 12.1. The van der Waals surface area contributed by atoms with Crippen molar-refractivity contribution >= 4 is 35.1 Å². The van der Waals surface area contributed by atoms with E-state index in [9.17, 15) is 9.59 Å². The Hall–Kier alpha value is -2.98. The van der Waals surface area contributed by atoms with E-state index in [4.69, 9.17) is 51.6 Å². The van der Waals surface area contributed by atoms with Crippen molar-refractivity contribution in [2.24, 2.45) is 0 Å². The molecule has 5 atom stereocenters. The number of ether oxygens (including phenoxy) is 6. The van der Waals surface area contributed by atoms with Gasteiger partial charge in [-0.2, -0.15) is 0 Å². The average Bonchev–Trinajstić information content (AvgIpc) is 3.41. The summed E-state index contributed by atoms with van der Waals surface area (Å²) in [5, 5.41) is 0.956. The standard InChI is InChI=1S/C31H30Cl2O8/c1-30(2)40-26-29(41-30)39-25(31(26,3)37-17-19-7-5-4-6-8-19)24(38-28(35)21-11-15-23(33)16-12-21)18-36-27(34)20-9-13-22(32)14-10-20/h4-16,24-26,29H,17-18H2,1-3H3/t24-,25-,26+,29-,31-/m1/s1. The van der Waals surface area contributed by atoms with Gasteiger partial charge in [0.25, 0.3) is 0 Å². The van der Waals surface area contributed by atoms with Gasteiger partial charge in [0.2, 0.25) is 0 Å². The number of carbonyl (C=O) groups excluding carboxylic acids is 2. The van der Waals surface area contributed by atoms with E-state index in [1.165, 1.54) is 0 Å². The first-order valence-electron chi connectivity index (χ1n) is 13.1. The van der Waals surface area contributed by atoms with Gasteiger partial charge in [-0.25, -0.2) is 9.59 Å². The van der Waals surface area contributed by atoms with Crippen molar-refractivity contribution in [1.29, 1.82) is 0 Å². The fourth-order valence-electron chi connectivity index (χ4n) is 4.89. The first-order valence-corrected chi connectivity index (χ1v) is 13.9. The van der Waals surface area contributed by atoms with E-state index in [2.05, 4.69) is 0 Å². The zero-order valence-corrected chi connectivity index (χ0v) is 24.3. The van der Waals surface area contributed by atoms with Crippen LogP contribution >= 0.6 is 23.2 Å². The summed E-state index contributed by atoms with van der Waals surface area (Å²) in [6.07, 6.45) is -3.47. The van der Waals surface area contributed by atoms with Crippen LogP contribution in [0, 0.1) is 0 Å². The van der Waals surface area contributed by atoms with Gasteiger partial charge in [0.1, 0.15) is 24.4 Å². The number of rotatable bonds is 9. The Kier molecular flexibility index (Phi) is 8.70. The first kappa shape index (κ1) is 29.5. The van der Waals surface area contributed by atoms with Crippen LogP contribution < -0.4 is 0 Å². The Bertz CT molecular complexity index is 1360. The number of carbonyl (C=O) groups is 2. The van der Waals surface area contributed by atoms with Crippen molar-refractivity contribution in [1.82, 2.24) is 0 Å². The lowest BCUT2D eigenvalue weighted by Crippen LogP contribution is -2.55. The topological polar surface area (TPSA) is 89.5 Å². The number of fused-ring (bicyclic) bond motifs is 1. The van der Waals surface area contributed by atoms with Crippen LogP contribution in [0.1, 0.15) is 47.1 Å². The van der Waals surface area contributed by atoms with Gasteiger partial charge in [-0.1, -0.05) is 53.5 Å². The van der Waals surface area contributed by atoms with E-state index >= 15 is 0 Å². The molecule has 0 amide bonds. The maximum Gasteiger partial charge on any atom is 0.338 e. The zero-order chi connectivity index (χ0) is 29.2. The lowest BCUT2D eigenvalue weighted by Gasteiger charge is -2.38. The Morgan fingerprint density at radius 2 is 1.41 bits per heavy atom. The van der Waals surface area contributed by atoms with Crippen LogP contribution in [0.4, 0.5) is 0 Å². The van der Waals surface area contributed by atoms with Crippen LogP contribution in [0.2, 0.25) is 10.0 Å². The highest BCUT2D eigenvalue weighted by Crippen LogP contribution is 2.46. The molecule has 0 spiro atoms. The molecule has 3 aromatic rings. The molecule has 216 valence electrons. The quantitative estimate of drug-likeness (QED) is 0.267. The molecule has 2 aliphatic rings. The van der Waals surface area contributed by atoms with E-state index in [1.807, 2.05) is 37.3 Å². The monoisotopic (exact) mass is 600 g/mol. The number of halogens is 2. The zero-order valence-electron chi connectivity index (χ0n) is 22.8. The summed E-state index contributed by atoms with van der Waals surface area (Å²) in [6, 6.07) is 22.2. The van der Waals surface area contributed by atoms with E-state index in [0.29, 0.717) is 10.0 Å².